The Kier molecular flexibility index (Phi) is 5.98. The number of aliphatic hydroxyl groups excluding tert-OH is 1. The van der Waals surface area contributed by atoms with Crippen LogP contribution in [0, 0.1) is 6.92 Å². The molecule has 1 atom stereocenters. The smallest absolute Gasteiger partial charge is 0.252 e. The van der Waals surface area contributed by atoms with Crippen LogP contribution in [0.4, 0.5) is 5.82 Å². The molecule has 0 spiro atoms. The van der Waals surface area contributed by atoms with Crippen LogP contribution in [0.2, 0.25) is 0 Å². The van der Waals surface area contributed by atoms with E-state index in [1.165, 1.54) is 19.2 Å². The number of hydrogen-bond donors (Lipinski definition) is 3. The van der Waals surface area contributed by atoms with Gasteiger partial charge in [0, 0.05) is 11.1 Å². The summed E-state index contributed by atoms with van der Waals surface area (Å²) < 4.78 is 2.00. The number of hydrogen-bond acceptors (Lipinski definition) is 6. The van der Waals surface area contributed by atoms with Gasteiger partial charge in [0.2, 0.25) is 0 Å². The fourth-order valence-corrected chi connectivity index (χ4v) is 4.77. The quantitative estimate of drug-likeness (QED) is 0.404. The molecule has 0 saturated heterocycles. The first kappa shape index (κ1) is 22.0. The minimum absolute atomic E-state index is 0.211. The van der Waals surface area contributed by atoms with Crippen molar-refractivity contribution < 1.29 is 9.90 Å². The van der Waals surface area contributed by atoms with Crippen LogP contribution in [0.3, 0.4) is 0 Å². The Morgan fingerprint density at radius 1 is 1.15 bits per heavy atom. The van der Waals surface area contributed by atoms with Crippen LogP contribution in [0.5, 0.6) is 0 Å². The molecule has 1 fully saturated rings. The van der Waals surface area contributed by atoms with Gasteiger partial charge in [-0.1, -0.05) is 55.3 Å². The molecule has 174 valence electrons. The van der Waals surface area contributed by atoms with E-state index in [0.717, 1.165) is 46.3 Å². The fraction of sp³-hybridized carbons (Fsp3) is 0.308. The SMILES string of the molecule is Cc1ccccc1C(=O)NC(CO)c1ccc(-c2nn(C3CCCC3)c3ncnc(N)c23)cc1. The molecule has 4 N–H and O–H groups in total. The lowest BCUT2D eigenvalue weighted by Crippen LogP contribution is -2.31. The van der Waals surface area contributed by atoms with Crippen molar-refractivity contribution in [2.24, 2.45) is 0 Å². The maximum absolute atomic E-state index is 12.7. The average Bonchev–Trinajstić information content (AvgIpc) is 3.52. The van der Waals surface area contributed by atoms with Gasteiger partial charge in [0.25, 0.3) is 5.91 Å². The summed E-state index contributed by atoms with van der Waals surface area (Å²) in [4.78, 5) is 21.4. The lowest BCUT2D eigenvalue weighted by molar-refractivity contribution is 0.0915. The van der Waals surface area contributed by atoms with Crippen LogP contribution in [0.15, 0.2) is 54.9 Å². The Balaban J connectivity index is 1.45. The minimum Gasteiger partial charge on any atom is -0.394 e. The first-order chi connectivity index (χ1) is 16.6. The minimum atomic E-state index is -0.526. The van der Waals surface area contributed by atoms with Crippen LogP contribution in [-0.4, -0.2) is 37.4 Å². The highest BCUT2D eigenvalue weighted by Crippen LogP contribution is 2.36. The van der Waals surface area contributed by atoms with Crippen LogP contribution < -0.4 is 11.1 Å². The van der Waals surface area contributed by atoms with Gasteiger partial charge in [-0.15, -0.1) is 0 Å². The number of aromatic nitrogens is 4. The third-order valence-corrected chi connectivity index (χ3v) is 6.65. The number of nitrogen functional groups attached to an aromatic ring is 1. The molecule has 4 aromatic rings. The van der Waals surface area contributed by atoms with Crippen molar-refractivity contribution in [3.63, 3.8) is 0 Å². The van der Waals surface area contributed by atoms with Crippen molar-refractivity contribution >= 4 is 22.8 Å². The summed E-state index contributed by atoms with van der Waals surface area (Å²) in [6.07, 6.45) is 6.02. The molecule has 5 rings (SSSR count). The number of anilines is 1. The van der Waals surface area contributed by atoms with Crippen LogP contribution in [-0.2, 0) is 0 Å². The summed E-state index contributed by atoms with van der Waals surface area (Å²) in [5.74, 6) is 0.194. The summed E-state index contributed by atoms with van der Waals surface area (Å²) in [5, 5.41) is 18.6. The third-order valence-electron chi connectivity index (χ3n) is 6.65. The van der Waals surface area contributed by atoms with Gasteiger partial charge in [-0.2, -0.15) is 5.10 Å². The Hall–Kier alpha value is -3.78. The number of nitrogens with one attached hydrogen (secondary N) is 1. The Morgan fingerprint density at radius 2 is 1.88 bits per heavy atom. The lowest BCUT2D eigenvalue weighted by atomic mass is 10.0. The van der Waals surface area contributed by atoms with Gasteiger partial charge >= 0.3 is 0 Å². The van der Waals surface area contributed by atoms with E-state index in [4.69, 9.17) is 10.8 Å². The second-order valence-electron chi connectivity index (χ2n) is 8.83. The van der Waals surface area contributed by atoms with E-state index in [9.17, 15) is 9.90 Å². The number of amides is 1. The monoisotopic (exact) mass is 456 g/mol. The van der Waals surface area contributed by atoms with Gasteiger partial charge in [0.05, 0.1) is 24.1 Å². The summed E-state index contributed by atoms with van der Waals surface area (Å²) in [6, 6.07) is 14.9. The molecule has 1 saturated carbocycles. The Labute approximate surface area is 197 Å². The van der Waals surface area contributed by atoms with Gasteiger partial charge in [-0.3, -0.25) is 4.79 Å². The second-order valence-corrected chi connectivity index (χ2v) is 8.83. The highest BCUT2D eigenvalue weighted by molar-refractivity contribution is 5.98. The van der Waals surface area contributed by atoms with E-state index in [1.54, 1.807) is 6.07 Å². The van der Waals surface area contributed by atoms with Crippen molar-refractivity contribution in [2.75, 3.05) is 12.3 Å². The van der Waals surface area contributed by atoms with Crippen LogP contribution in [0.25, 0.3) is 22.3 Å². The zero-order valence-corrected chi connectivity index (χ0v) is 19.1. The molecule has 1 unspecified atom stereocenters. The number of nitrogens with two attached hydrogens (primary N) is 1. The normalized spacial score (nSPS) is 15.0. The summed E-state index contributed by atoms with van der Waals surface area (Å²) >= 11 is 0. The van der Waals surface area contributed by atoms with Gasteiger partial charge < -0.3 is 16.2 Å². The number of benzene rings is 2. The van der Waals surface area contributed by atoms with Crippen LogP contribution in [0.1, 0.15) is 59.3 Å². The van der Waals surface area contributed by atoms with E-state index in [-0.39, 0.29) is 12.5 Å². The van der Waals surface area contributed by atoms with E-state index in [0.29, 0.717) is 17.4 Å². The Morgan fingerprint density at radius 3 is 2.59 bits per heavy atom. The van der Waals surface area contributed by atoms with E-state index < -0.39 is 6.04 Å². The predicted molar refractivity (Wildman–Crippen MR) is 131 cm³/mol. The maximum atomic E-state index is 12.7. The molecule has 2 aromatic carbocycles. The molecule has 0 aliphatic heterocycles. The molecule has 1 amide bonds. The van der Waals surface area contributed by atoms with Crippen molar-refractivity contribution in [3.05, 3.63) is 71.5 Å². The number of aryl methyl sites for hydroxylation is 1. The van der Waals surface area contributed by atoms with Gasteiger partial charge in [0.15, 0.2) is 5.65 Å². The van der Waals surface area contributed by atoms with E-state index in [2.05, 4.69) is 15.3 Å². The largest absolute Gasteiger partial charge is 0.394 e. The summed E-state index contributed by atoms with van der Waals surface area (Å²) in [5.41, 5.74) is 10.9. The third kappa shape index (κ3) is 4.01. The molecule has 0 bridgehead atoms. The highest BCUT2D eigenvalue weighted by Gasteiger charge is 2.25. The van der Waals surface area contributed by atoms with Crippen molar-refractivity contribution in [1.82, 2.24) is 25.1 Å². The van der Waals surface area contributed by atoms with Crippen molar-refractivity contribution in [3.8, 4) is 11.3 Å². The zero-order valence-electron chi connectivity index (χ0n) is 19.1. The average molecular weight is 457 g/mol. The Bertz CT molecular complexity index is 1330. The molecule has 34 heavy (non-hydrogen) atoms. The van der Waals surface area contributed by atoms with Crippen molar-refractivity contribution in [2.45, 2.75) is 44.7 Å². The first-order valence-corrected chi connectivity index (χ1v) is 11.6. The molecular weight excluding hydrogens is 428 g/mol. The predicted octanol–water partition coefficient (Wildman–Crippen LogP) is 3.96. The second kappa shape index (κ2) is 9.23. The number of carbonyl (C=O) groups is 1. The molecule has 1 aliphatic carbocycles. The first-order valence-electron chi connectivity index (χ1n) is 11.6. The number of aliphatic hydroxyl groups is 1. The lowest BCUT2D eigenvalue weighted by Gasteiger charge is -2.18. The van der Waals surface area contributed by atoms with Crippen molar-refractivity contribution in [1.29, 1.82) is 0 Å². The van der Waals surface area contributed by atoms with E-state index >= 15 is 0 Å². The van der Waals surface area contributed by atoms with Gasteiger partial charge in [0.1, 0.15) is 17.8 Å². The number of fused-ring (bicyclic) bond motifs is 1. The van der Waals surface area contributed by atoms with Crippen LogP contribution >= 0.6 is 0 Å². The molecular formula is C26H28N6O2. The van der Waals surface area contributed by atoms with Gasteiger partial charge in [-0.25, -0.2) is 14.6 Å². The molecule has 0 radical (unpaired) electrons. The molecule has 8 heteroatoms. The summed E-state index contributed by atoms with van der Waals surface area (Å²) in [7, 11) is 0. The standard InChI is InChI=1S/C26H28N6O2/c1-16-6-2-5-9-20(16)26(34)30-21(14-33)17-10-12-18(13-11-17)23-22-24(27)28-15-29-25(22)32(31-23)19-7-3-4-8-19/h2,5-6,9-13,15,19,21,33H,3-4,7-8,14H2,1H3,(H,30,34)(H2,27,28,29). The van der Waals surface area contributed by atoms with E-state index in [1.807, 2.05) is 54.1 Å². The number of carbonyl (C=O) groups excluding carboxylic acids is 1. The maximum Gasteiger partial charge on any atom is 0.252 e. The molecule has 2 heterocycles. The highest BCUT2D eigenvalue weighted by atomic mass is 16.3. The molecule has 2 aromatic heterocycles. The molecule has 1 aliphatic rings. The topological polar surface area (TPSA) is 119 Å². The summed E-state index contributed by atoms with van der Waals surface area (Å²) in [6.45, 7) is 1.68. The fourth-order valence-electron chi connectivity index (χ4n) is 4.77. The number of nitrogens with zero attached hydrogens (tertiary/aromatic N) is 4. The number of rotatable bonds is 6. The zero-order chi connectivity index (χ0) is 23.7. The van der Waals surface area contributed by atoms with Gasteiger partial charge in [-0.05, 0) is 37.0 Å². The molecule has 8 nitrogen and oxygen atoms in total.